The van der Waals surface area contributed by atoms with Crippen molar-refractivity contribution in [1.29, 1.82) is 0 Å². The summed E-state index contributed by atoms with van der Waals surface area (Å²) in [5.41, 5.74) is -2.69. The fraction of sp³-hybridized carbons (Fsp3) is 0.579. The molecule has 1 aliphatic rings. The maximum atomic E-state index is 14.7. The number of allylic oxidation sites excluding steroid dienone is 2. The van der Waals surface area contributed by atoms with Gasteiger partial charge in [0.2, 0.25) is 0 Å². The van der Waals surface area contributed by atoms with Crippen molar-refractivity contribution in [1.82, 2.24) is 9.97 Å². The minimum atomic E-state index is -5.55. The molecule has 0 aromatic carbocycles. The topological polar surface area (TPSA) is 25.8 Å². The van der Waals surface area contributed by atoms with E-state index in [0.717, 1.165) is 35.1 Å². The zero-order chi connectivity index (χ0) is 21.8. The van der Waals surface area contributed by atoms with Gasteiger partial charge in [-0.1, -0.05) is 27.7 Å². The maximum absolute atomic E-state index is 14.7. The number of halogens is 6. The molecule has 10 heteroatoms. The Morgan fingerprint density at radius 2 is 1.07 bits per heavy atom. The van der Waals surface area contributed by atoms with E-state index in [1.165, 1.54) is 0 Å². The Kier molecular flexibility index (Phi) is 5.66. The minimum absolute atomic E-state index is 0.148. The summed E-state index contributed by atoms with van der Waals surface area (Å²) in [7, 11) is 0. The number of hydrogen-bond acceptors (Lipinski definition) is 4. The summed E-state index contributed by atoms with van der Waals surface area (Å²) in [5.74, 6) is -15.3. The number of rotatable bonds is 6. The van der Waals surface area contributed by atoms with E-state index in [0.29, 0.717) is 22.9 Å². The molecule has 160 valence electrons. The van der Waals surface area contributed by atoms with Crippen LogP contribution >= 0.6 is 22.7 Å². The lowest BCUT2D eigenvalue weighted by Crippen LogP contribution is -2.48. The van der Waals surface area contributed by atoms with E-state index in [4.69, 9.17) is 0 Å². The van der Waals surface area contributed by atoms with Crippen LogP contribution in [0.5, 0.6) is 0 Å². The first-order chi connectivity index (χ1) is 13.3. The lowest BCUT2D eigenvalue weighted by atomic mass is 10.1. The van der Waals surface area contributed by atoms with Crippen molar-refractivity contribution in [2.24, 2.45) is 11.8 Å². The lowest BCUT2D eigenvalue weighted by Gasteiger charge is -2.25. The van der Waals surface area contributed by atoms with E-state index >= 15 is 0 Å². The second kappa shape index (κ2) is 7.37. The van der Waals surface area contributed by atoms with Crippen LogP contribution in [0, 0.1) is 11.8 Å². The molecule has 0 fully saturated rings. The Balaban J connectivity index is 2.20. The van der Waals surface area contributed by atoms with E-state index in [9.17, 15) is 26.3 Å². The van der Waals surface area contributed by atoms with E-state index in [-0.39, 0.29) is 21.6 Å². The first-order valence-electron chi connectivity index (χ1n) is 9.07. The molecule has 0 atom stereocenters. The van der Waals surface area contributed by atoms with Crippen molar-refractivity contribution in [2.75, 3.05) is 0 Å². The molecule has 0 unspecified atom stereocenters. The van der Waals surface area contributed by atoms with Crippen LogP contribution in [0.1, 0.15) is 47.5 Å². The second-order valence-corrected chi connectivity index (χ2v) is 10.1. The predicted octanol–water partition coefficient (Wildman–Crippen LogP) is 6.83. The molecule has 0 spiro atoms. The third-order valence-electron chi connectivity index (χ3n) is 4.43. The van der Waals surface area contributed by atoms with Crippen LogP contribution in [-0.4, -0.2) is 27.7 Å². The summed E-state index contributed by atoms with van der Waals surface area (Å²) in [6, 6.07) is 0. The fourth-order valence-electron chi connectivity index (χ4n) is 3.12. The Bertz CT molecular complexity index is 855. The minimum Gasteiger partial charge on any atom is -0.249 e. The Morgan fingerprint density at radius 1 is 0.724 bits per heavy atom. The van der Waals surface area contributed by atoms with Gasteiger partial charge in [-0.25, -0.2) is 9.97 Å². The first-order valence-corrected chi connectivity index (χ1v) is 10.7. The molecular formula is C19H20F6N2S2. The summed E-state index contributed by atoms with van der Waals surface area (Å²) in [5, 5.41) is 0.863. The largest absolute Gasteiger partial charge is 0.380 e. The van der Waals surface area contributed by atoms with Gasteiger partial charge in [0, 0.05) is 25.2 Å². The molecule has 2 heterocycles. The summed E-state index contributed by atoms with van der Waals surface area (Å²) in [6.07, 6.45) is 2.84. The van der Waals surface area contributed by atoms with Crippen molar-refractivity contribution in [3.05, 3.63) is 32.2 Å². The smallest absolute Gasteiger partial charge is 0.249 e. The number of thiazole rings is 2. The highest BCUT2D eigenvalue weighted by Gasteiger charge is 2.80. The molecule has 0 radical (unpaired) electrons. The summed E-state index contributed by atoms with van der Waals surface area (Å²) >= 11 is 1.49. The van der Waals surface area contributed by atoms with Crippen LogP contribution in [-0.2, 0) is 12.8 Å². The normalized spacial score (nSPS) is 20.3. The Morgan fingerprint density at radius 3 is 1.38 bits per heavy atom. The van der Waals surface area contributed by atoms with Crippen LogP contribution in [0.3, 0.4) is 0 Å². The molecule has 0 amide bonds. The lowest BCUT2D eigenvalue weighted by molar-refractivity contribution is -0.254. The van der Waals surface area contributed by atoms with Crippen LogP contribution in [0.2, 0.25) is 0 Å². The number of nitrogens with zero attached hydrogens (tertiary/aromatic N) is 2. The van der Waals surface area contributed by atoms with E-state index < -0.39 is 28.9 Å². The monoisotopic (exact) mass is 454 g/mol. The summed E-state index contributed by atoms with van der Waals surface area (Å²) < 4.78 is 87.1. The predicted molar refractivity (Wildman–Crippen MR) is 103 cm³/mol. The molecule has 0 aliphatic heterocycles. The van der Waals surface area contributed by atoms with Crippen LogP contribution in [0.15, 0.2) is 12.4 Å². The second-order valence-electron chi connectivity index (χ2n) is 7.91. The van der Waals surface area contributed by atoms with Gasteiger partial charge in [0.1, 0.15) is 0 Å². The van der Waals surface area contributed by atoms with Gasteiger partial charge in [0.15, 0.2) is 0 Å². The quantitative estimate of drug-likeness (QED) is 0.447. The molecule has 0 N–H and O–H groups in total. The molecule has 2 aromatic heterocycles. The van der Waals surface area contributed by atoms with Crippen molar-refractivity contribution in [2.45, 2.75) is 58.3 Å². The van der Waals surface area contributed by atoms with Gasteiger partial charge in [0.05, 0.1) is 30.9 Å². The first kappa shape index (κ1) is 22.3. The van der Waals surface area contributed by atoms with Gasteiger partial charge < -0.3 is 0 Å². The number of alkyl halides is 6. The summed E-state index contributed by atoms with van der Waals surface area (Å²) in [4.78, 5) is 7.24. The third kappa shape index (κ3) is 3.62. The van der Waals surface area contributed by atoms with Crippen LogP contribution in [0.25, 0.3) is 11.1 Å². The zero-order valence-corrected chi connectivity index (χ0v) is 17.8. The SMILES string of the molecule is CC(C)Cc1ncc(C2=C(c3cnc(CC(C)C)s3)C(F)(F)C(F)(F)C2(F)F)s1. The average Bonchev–Trinajstić information content (AvgIpc) is 3.21. The molecule has 1 aliphatic carbocycles. The molecule has 2 nitrogen and oxygen atoms in total. The van der Waals surface area contributed by atoms with E-state index in [2.05, 4.69) is 9.97 Å². The Labute approximate surface area is 172 Å². The average molecular weight is 455 g/mol. The van der Waals surface area contributed by atoms with E-state index in [1.807, 2.05) is 27.7 Å². The summed E-state index contributed by atoms with van der Waals surface area (Å²) in [6.45, 7) is 7.52. The highest BCUT2D eigenvalue weighted by atomic mass is 32.1. The Hall–Kier alpha value is -1.42. The molecule has 2 aromatic rings. The van der Waals surface area contributed by atoms with Crippen molar-refractivity contribution in [3.8, 4) is 0 Å². The van der Waals surface area contributed by atoms with Gasteiger partial charge in [-0.2, -0.15) is 26.3 Å². The van der Waals surface area contributed by atoms with Gasteiger partial charge in [-0.05, 0) is 11.8 Å². The molecule has 0 bridgehead atoms. The number of hydrogen-bond donors (Lipinski definition) is 0. The van der Waals surface area contributed by atoms with Gasteiger partial charge in [-0.3, -0.25) is 0 Å². The van der Waals surface area contributed by atoms with Gasteiger partial charge in [0.25, 0.3) is 0 Å². The standard InChI is InChI=1S/C19H20F6N2S2/c1-9(2)5-13-26-7-11(28-13)15-16(12-8-27-14(29-12)6-10(3)4)18(22,23)19(24,25)17(15,20)21/h7-10H,5-6H2,1-4H3. The van der Waals surface area contributed by atoms with E-state index in [1.54, 1.807) is 0 Å². The molecule has 3 rings (SSSR count). The molecule has 29 heavy (non-hydrogen) atoms. The van der Waals surface area contributed by atoms with Crippen molar-refractivity contribution < 1.29 is 26.3 Å². The van der Waals surface area contributed by atoms with Crippen LogP contribution in [0.4, 0.5) is 26.3 Å². The maximum Gasteiger partial charge on any atom is 0.380 e. The van der Waals surface area contributed by atoms with Gasteiger partial charge in [-0.15, -0.1) is 22.7 Å². The van der Waals surface area contributed by atoms with Crippen molar-refractivity contribution in [3.63, 3.8) is 0 Å². The molecular weight excluding hydrogens is 434 g/mol. The highest BCUT2D eigenvalue weighted by Crippen LogP contribution is 2.65. The molecule has 0 saturated heterocycles. The zero-order valence-electron chi connectivity index (χ0n) is 16.2. The van der Waals surface area contributed by atoms with Crippen LogP contribution < -0.4 is 0 Å². The number of aromatic nitrogens is 2. The fourth-order valence-corrected chi connectivity index (χ4v) is 5.55. The van der Waals surface area contributed by atoms with Gasteiger partial charge >= 0.3 is 17.8 Å². The highest BCUT2D eigenvalue weighted by molar-refractivity contribution is 7.13. The molecule has 0 saturated carbocycles. The van der Waals surface area contributed by atoms with Crippen molar-refractivity contribution >= 4 is 33.8 Å². The third-order valence-corrected chi connectivity index (χ3v) is 6.51.